The molecule has 0 unspecified atom stereocenters. The standard InChI is InChI=1S/C17H19NO4/c1-10-7-13(19)8-11(2)16(10)18-17(20)12-5-6-14(21-3)15(9-12)22-4/h5-9,19H,1-4H3,(H,18,20). The van der Waals surface area contributed by atoms with Gasteiger partial charge in [0.25, 0.3) is 5.91 Å². The summed E-state index contributed by atoms with van der Waals surface area (Å²) in [4.78, 5) is 12.4. The third-order valence-electron chi connectivity index (χ3n) is 3.40. The zero-order valence-electron chi connectivity index (χ0n) is 13.1. The van der Waals surface area contributed by atoms with Gasteiger partial charge in [0, 0.05) is 11.3 Å². The highest BCUT2D eigenvalue weighted by molar-refractivity contribution is 6.05. The molecule has 0 aromatic heterocycles. The van der Waals surface area contributed by atoms with Crippen LogP contribution in [0.3, 0.4) is 0 Å². The molecule has 0 aliphatic rings. The number of ether oxygens (including phenoxy) is 2. The summed E-state index contributed by atoms with van der Waals surface area (Å²) in [7, 11) is 3.06. The van der Waals surface area contributed by atoms with E-state index >= 15 is 0 Å². The predicted molar refractivity (Wildman–Crippen MR) is 85.1 cm³/mol. The highest BCUT2D eigenvalue weighted by Crippen LogP contribution is 2.29. The van der Waals surface area contributed by atoms with Crippen LogP contribution in [0, 0.1) is 13.8 Å². The lowest BCUT2D eigenvalue weighted by Gasteiger charge is -2.13. The van der Waals surface area contributed by atoms with Crippen molar-refractivity contribution in [2.45, 2.75) is 13.8 Å². The van der Waals surface area contributed by atoms with E-state index in [9.17, 15) is 9.90 Å². The van der Waals surface area contributed by atoms with Gasteiger partial charge < -0.3 is 19.9 Å². The molecule has 0 heterocycles. The Morgan fingerprint density at radius 3 is 2.14 bits per heavy atom. The van der Waals surface area contributed by atoms with Crippen molar-refractivity contribution in [2.24, 2.45) is 0 Å². The Hall–Kier alpha value is -2.69. The number of nitrogens with one attached hydrogen (secondary N) is 1. The molecule has 0 saturated carbocycles. The highest BCUT2D eigenvalue weighted by Gasteiger charge is 2.13. The van der Waals surface area contributed by atoms with E-state index in [1.165, 1.54) is 7.11 Å². The number of carbonyl (C=O) groups is 1. The second-order valence-electron chi connectivity index (χ2n) is 4.98. The summed E-state index contributed by atoms with van der Waals surface area (Å²) in [6.45, 7) is 3.66. The summed E-state index contributed by atoms with van der Waals surface area (Å²) >= 11 is 0. The molecule has 0 aliphatic carbocycles. The lowest BCUT2D eigenvalue weighted by atomic mass is 10.1. The van der Waals surface area contributed by atoms with Crippen LogP contribution in [0.5, 0.6) is 17.2 Å². The van der Waals surface area contributed by atoms with Gasteiger partial charge in [0.2, 0.25) is 0 Å². The lowest BCUT2D eigenvalue weighted by Crippen LogP contribution is -2.14. The summed E-state index contributed by atoms with van der Waals surface area (Å²) in [6.07, 6.45) is 0. The number of anilines is 1. The number of aryl methyl sites for hydroxylation is 2. The van der Waals surface area contributed by atoms with Crippen molar-refractivity contribution in [1.29, 1.82) is 0 Å². The number of hydrogen-bond donors (Lipinski definition) is 2. The van der Waals surface area contributed by atoms with Gasteiger partial charge in [0.05, 0.1) is 14.2 Å². The van der Waals surface area contributed by atoms with E-state index in [4.69, 9.17) is 9.47 Å². The number of rotatable bonds is 4. The molecular weight excluding hydrogens is 282 g/mol. The average molecular weight is 301 g/mol. The quantitative estimate of drug-likeness (QED) is 0.850. The molecule has 5 heteroatoms. The smallest absolute Gasteiger partial charge is 0.255 e. The van der Waals surface area contributed by atoms with E-state index in [1.54, 1.807) is 37.4 Å². The number of phenolic OH excluding ortho intramolecular Hbond substituents is 1. The molecule has 2 aromatic carbocycles. The number of hydrogen-bond acceptors (Lipinski definition) is 4. The van der Waals surface area contributed by atoms with Crippen LogP contribution in [0.1, 0.15) is 21.5 Å². The number of benzene rings is 2. The van der Waals surface area contributed by atoms with Crippen molar-refractivity contribution >= 4 is 11.6 Å². The Balaban J connectivity index is 2.30. The molecule has 2 aromatic rings. The first-order chi connectivity index (χ1) is 10.5. The fraction of sp³-hybridized carbons (Fsp3) is 0.235. The van der Waals surface area contributed by atoms with Crippen LogP contribution in [-0.2, 0) is 0 Å². The Bertz CT molecular complexity index is 687. The minimum Gasteiger partial charge on any atom is -0.508 e. The summed E-state index contributed by atoms with van der Waals surface area (Å²) in [5.74, 6) is 0.988. The summed E-state index contributed by atoms with van der Waals surface area (Å²) in [6, 6.07) is 8.19. The van der Waals surface area contributed by atoms with Crippen molar-refractivity contribution in [3.63, 3.8) is 0 Å². The zero-order chi connectivity index (χ0) is 16.3. The van der Waals surface area contributed by atoms with Crippen LogP contribution in [0.25, 0.3) is 0 Å². The van der Waals surface area contributed by atoms with Gasteiger partial charge in [-0.3, -0.25) is 4.79 Å². The molecule has 0 atom stereocenters. The number of methoxy groups -OCH3 is 2. The van der Waals surface area contributed by atoms with E-state index in [-0.39, 0.29) is 11.7 Å². The summed E-state index contributed by atoms with van der Waals surface area (Å²) < 4.78 is 10.4. The van der Waals surface area contributed by atoms with Gasteiger partial charge in [-0.2, -0.15) is 0 Å². The largest absolute Gasteiger partial charge is 0.508 e. The van der Waals surface area contributed by atoms with Gasteiger partial charge >= 0.3 is 0 Å². The molecule has 0 spiro atoms. The molecule has 2 rings (SSSR count). The van der Waals surface area contributed by atoms with Gasteiger partial charge in [-0.05, 0) is 55.3 Å². The number of aromatic hydroxyl groups is 1. The molecule has 0 bridgehead atoms. The Kier molecular flexibility index (Phi) is 4.56. The average Bonchev–Trinajstić information content (AvgIpc) is 2.49. The van der Waals surface area contributed by atoms with Crippen molar-refractivity contribution in [1.82, 2.24) is 0 Å². The second-order valence-corrected chi connectivity index (χ2v) is 4.98. The molecule has 5 nitrogen and oxygen atoms in total. The second kappa shape index (κ2) is 6.39. The third kappa shape index (κ3) is 3.14. The van der Waals surface area contributed by atoms with Crippen molar-refractivity contribution in [3.05, 3.63) is 47.0 Å². The SMILES string of the molecule is COc1ccc(C(=O)Nc2c(C)cc(O)cc2C)cc1OC. The van der Waals surface area contributed by atoms with Gasteiger partial charge in [-0.25, -0.2) is 0 Å². The molecular formula is C17H19NO4. The zero-order valence-corrected chi connectivity index (χ0v) is 13.1. The lowest BCUT2D eigenvalue weighted by molar-refractivity contribution is 0.102. The first-order valence-corrected chi connectivity index (χ1v) is 6.80. The molecule has 2 N–H and O–H groups in total. The summed E-state index contributed by atoms with van der Waals surface area (Å²) in [5.41, 5.74) is 2.75. The predicted octanol–water partition coefficient (Wildman–Crippen LogP) is 3.28. The fourth-order valence-corrected chi connectivity index (χ4v) is 2.30. The van der Waals surface area contributed by atoms with Crippen LogP contribution >= 0.6 is 0 Å². The van der Waals surface area contributed by atoms with Gasteiger partial charge in [0.15, 0.2) is 11.5 Å². The van der Waals surface area contributed by atoms with E-state index in [0.29, 0.717) is 22.7 Å². The maximum absolute atomic E-state index is 12.4. The van der Waals surface area contributed by atoms with E-state index in [2.05, 4.69) is 5.32 Å². The number of amides is 1. The molecule has 0 fully saturated rings. The van der Waals surface area contributed by atoms with Crippen molar-refractivity contribution in [2.75, 3.05) is 19.5 Å². The van der Waals surface area contributed by atoms with Gasteiger partial charge in [0.1, 0.15) is 5.75 Å². The summed E-state index contributed by atoms with van der Waals surface area (Å²) in [5, 5.41) is 12.4. The van der Waals surface area contributed by atoms with E-state index < -0.39 is 0 Å². The van der Waals surface area contributed by atoms with E-state index in [1.807, 2.05) is 13.8 Å². The Morgan fingerprint density at radius 1 is 1.00 bits per heavy atom. The molecule has 22 heavy (non-hydrogen) atoms. The minimum atomic E-state index is -0.252. The van der Waals surface area contributed by atoms with Crippen LogP contribution in [0.15, 0.2) is 30.3 Å². The molecule has 0 saturated heterocycles. The molecule has 1 amide bonds. The van der Waals surface area contributed by atoms with Crippen LogP contribution in [0.4, 0.5) is 5.69 Å². The maximum Gasteiger partial charge on any atom is 0.255 e. The number of phenols is 1. The van der Waals surface area contributed by atoms with Gasteiger partial charge in [-0.1, -0.05) is 0 Å². The van der Waals surface area contributed by atoms with Gasteiger partial charge in [-0.15, -0.1) is 0 Å². The molecule has 116 valence electrons. The molecule has 0 aliphatic heterocycles. The first-order valence-electron chi connectivity index (χ1n) is 6.80. The maximum atomic E-state index is 12.4. The normalized spacial score (nSPS) is 10.2. The first kappa shape index (κ1) is 15.7. The fourth-order valence-electron chi connectivity index (χ4n) is 2.30. The topological polar surface area (TPSA) is 67.8 Å². The van der Waals surface area contributed by atoms with Crippen LogP contribution < -0.4 is 14.8 Å². The Labute approximate surface area is 129 Å². The van der Waals surface area contributed by atoms with E-state index in [0.717, 1.165) is 11.1 Å². The minimum absolute atomic E-state index is 0.180. The van der Waals surface area contributed by atoms with Crippen molar-refractivity contribution < 1.29 is 19.4 Å². The third-order valence-corrected chi connectivity index (χ3v) is 3.40. The molecule has 0 radical (unpaired) electrons. The monoisotopic (exact) mass is 301 g/mol. The van der Waals surface area contributed by atoms with Crippen LogP contribution in [0.2, 0.25) is 0 Å². The van der Waals surface area contributed by atoms with Crippen molar-refractivity contribution in [3.8, 4) is 17.2 Å². The number of carbonyl (C=O) groups excluding carboxylic acids is 1. The van der Waals surface area contributed by atoms with Crippen LogP contribution in [-0.4, -0.2) is 25.2 Å². The Morgan fingerprint density at radius 2 is 1.59 bits per heavy atom. The highest BCUT2D eigenvalue weighted by atomic mass is 16.5.